The lowest BCUT2D eigenvalue weighted by Crippen LogP contribution is -2.39. The summed E-state index contributed by atoms with van der Waals surface area (Å²) >= 11 is 0. The Morgan fingerprint density at radius 3 is 2.93 bits per heavy atom. The molecule has 2 nitrogen and oxygen atoms in total. The average Bonchev–Trinajstić information content (AvgIpc) is 2.46. The number of fused-ring (bicyclic) bond motifs is 1. The standard InChI is InChI=1S/C12H20O2/c1-12-7-2-3-11(14)10(12)5-4-9(12)6-8-13/h8-11,14H,2-7H2,1H3/t9?,10?,11-,12+/m0/s1. The minimum absolute atomic E-state index is 0.106. The van der Waals surface area contributed by atoms with Crippen LogP contribution in [0.2, 0.25) is 0 Å². The molecule has 2 rings (SSSR count). The number of aliphatic hydroxyl groups is 1. The first-order valence-electron chi connectivity index (χ1n) is 5.80. The summed E-state index contributed by atoms with van der Waals surface area (Å²) in [5.74, 6) is 0.987. The van der Waals surface area contributed by atoms with E-state index in [1.54, 1.807) is 0 Å². The summed E-state index contributed by atoms with van der Waals surface area (Å²) in [5, 5.41) is 9.94. The molecule has 0 heterocycles. The highest BCUT2D eigenvalue weighted by Crippen LogP contribution is 2.56. The summed E-state index contributed by atoms with van der Waals surface area (Å²) in [7, 11) is 0. The van der Waals surface area contributed by atoms with Crippen LogP contribution in [0, 0.1) is 17.3 Å². The first-order chi connectivity index (χ1) is 6.68. The van der Waals surface area contributed by atoms with E-state index in [1.165, 1.54) is 6.42 Å². The molecule has 2 saturated carbocycles. The second kappa shape index (κ2) is 3.65. The number of carbonyl (C=O) groups is 1. The van der Waals surface area contributed by atoms with Gasteiger partial charge in [-0.05, 0) is 42.9 Å². The Balaban J connectivity index is 2.15. The number of aldehydes is 1. The van der Waals surface area contributed by atoms with Crippen molar-refractivity contribution in [2.45, 2.75) is 51.6 Å². The molecule has 2 aliphatic carbocycles. The Morgan fingerprint density at radius 2 is 2.21 bits per heavy atom. The number of rotatable bonds is 2. The maximum atomic E-state index is 10.6. The molecule has 2 fully saturated rings. The Kier molecular flexibility index (Phi) is 2.65. The molecule has 0 bridgehead atoms. The van der Waals surface area contributed by atoms with Gasteiger partial charge in [-0.1, -0.05) is 13.3 Å². The van der Waals surface area contributed by atoms with Gasteiger partial charge in [-0.15, -0.1) is 0 Å². The Bertz CT molecular complexity index is 226. The second-order valence-corrected chi connectivity index (χ2v) is 5.25. The van der Waals surface area contributed by atoms with Gasteiger partial charge in [0.05, 0.1) is 6.10 Å². The zero-order valence-corrected chi connectivity index (χ0v) is 8.91. The molecule has 80 valence electrons. The summed E-state index contributed by atoms with van der Waals surface area (Å²) in [6.45, 7) is 2.28. The lowest BCUT2D eigenvalue weighted by Gasteiger charge is -2.43. The highest BCUT2D eigenvalue weighted by molar-refractivity contribution is 5.50. The van der Waals surface area contributed by atoms with Gasteiger partial charge in [0.25, 0.3) is 0 Å². The zero-order valence-electron chi connectivity index (χ0n) is 8.91. The van der Waals surface area contributed by atoms with Crippen molar-refractivity contribution in [1.29, 1.82) is 0 Å². The third-order valence-corrected chi connectivity index (χ3v) is 4.67. The highest BCUT2D eigenvalue weighted by atomic mass is 16.3. The molecule has 0 aromatic carbocycles. The Labute approximate surface area is 85.7 Å². The predicted octanol–water partition coefficient (Wildman–Crippen LogP) is 2.15. The largest absolute Gasteiger partial charge is 0.393 e. The number of aliphatic hydroxyl groups excluding tert-OH is 1. The molecule has 0 aromatic rings. The average molecular weight is 196 g/mol. The van der Waals surface area contributed by atoms with Crippen molar-refractivity contribution in [2.75, 3.05) is 0 Å². The van der Waals surface area contributed by atoms with Crippen molar-refractivity contribution >= 4 is 6.29 Å². The normalized spacial score (nSPS) is 47.4. The molecule has 2 unspecified atom stereocenters. The van der Waals surface area contributed by atoms with Gasteiger partial charge >= 0.3 is 0 Å². The molecule has 2 aliphatic rings. The van der Waals surface area contributed by atoms with Gasteiger partial charge in [0.15, 0.2) is 0 Å². The molecule has 0 saturated heterocycles. The summed E-state index contributed by atoms with van der Waals surface area (Å²) in [6.07, 6.45) is 7.20. The van der Waals surface area contributed by atoms with Gasteiger partial charge in [-0.25, -0.2) is 0 Å². The number of hydrogen-bond acceptors (Lipinski definition) is 2. The molecule has 0 radical (unpaired) electrons. The molecule has 2 heteroatoms. The first-order valence-corrected chi connectivity index (χ1v) is 5.80. The molecular weight excluding hydrogens is 176 g/mol. The predicted molar refractivity (Wildman–Crippen MR) is 54.9 cm³/mol. The van der Waals surface area contributed by atoms with Crippen molar-refractivity contribution < 1.29 is 9.90 Å². The van der Waals surface area contributed by atoms with Crippen molar-refractivity contribution in [1.82, 2.24) is 0 Å². The first kappa shape index (κ1) is 10.2. The van der Waals surface area contributed by atoms with Crippen LogP contribution in [0.1, 0.15) is 45.4 Å². The van der Waals surface area contributed by atoms with Crippen LogP contribution < -0.4 is 0 Å². The molecule has 0 aliphatic heterocycles. The van der Waals surface area contributed by atoms with E-state index in [9.17, 15) is 9.90 Å². The third kappa shape index (κ3) is 1.40. The van der Waals surface area contributed by atoms with E-state index in [1.807, 2.05) is 0 Å². The van der Waals surface area contributed by atoms with Crippen LogP contribution in [-0.4, -0.2) is 17.5 Å². The molecule has 4 atom stereocenters. The van der Waals surface area contributed by atoms with Gasteiger partial charge in [0.2, 0.25) is 0 Å². The molecule has 14 heavy (non-hydrogen) atoms. The van der Waals surface area contributed by atoms with E-state index in [0.29, 0.717) is 18.3 Å². The van der Waals surface area contributed by atoms with E-state index in [4.69, 9.17) is 0 Å². The van der Waals surface area contributed by atoms with Crippen LogP contribution in [0.25, 0.3) is 0 Å². The molecule has 0 spiro atoms. The van der Waals surface area contributed by atoms with E-state index >= 15 is 0 Å². The fourth-order valence-corrected chi connectivity index (χ4v) is 3.76. The highest BCUT2D eigenvalue weighted by Gasteiger charge is 2.50. The van der Waals surface area contributed by atoms with Gasteiger partial charge in [0, 0.05) is 6.42 Å². The summed E-state index contributed by atoms with van der Waals surface area (Å²) in [6, 6.07) is 0. The maximum absolute atomic E-state index is 10.6. The van der Waals surface area contributed by atoms with Crippen LogP contribution in [0.3, 0.4) is 0 Å². The van der Waals surface area contributed by atoms with E-state index in [-0.39, 0.29) is 11.5 Å². The van der Waals surface area contributed by atoms with E-state index in [2.05, 4.69) is 6.92 Å². The monoisotopic (exact) mass is 196 g/mol. The van der Waals surface area contributed by atoms with Crippen LogP contribution in [0.5, 0.6) is 0 Å². The minimum atomic E-state index is -0.106. The van der Waals surface area contributed by atoms with Crippen LogP contribution >= 0.6 is 0 Å². The summed E-state index contributed by atoms with van der Waals surface area (Å²) < 4.78 is 0. The minimum Gasteiger partial charge on any atom is -0.393 e. The topological polar surface area (TPSA) is 37.3 Å². The summed E-state index contributed by atoms with van der Waals surface area (Å²) in [4.78, 5) is 10.6. The Morgan fingerprint density at radius 1 is 1.43 bits per heavy atom. The van der Waals surface area contributed by atoms with Crippen molar-refractivity contribution in [3.05, 3.63) is 0 Å². The molecular formula is C12H20O2. The van der Waals surface area contributed by atoms with Crippen molar-refractivity contribution in [3.8, 4) is 0 Å². The number of hydrogen-bond donors (Lipinski definition) is 1. The third-order valence-electron chi connectivity index (χ3n) is 4.67. The summed E-state index contributed by atoms with van der Waals surface area (Å²) in [5.41, 5.74) is 0.249. The van der Waals surface area contributed by atoms with Crippen LogP contribution in [0.4, 0.5) is 0 Å². The fourth-order valence-electron chi connectivity index (χ4n) is 3.76. The number of carbonyl (C=O) groups excluding carboxylic acids is 1. The van der Waals surface area contributed by atoms with Gasteiger partial charge in [-0.3, -0.25) is 0 Å². The maximum Gasteiger partial charge on any atom is 0.120 e. The van der Waals surface area contributed by atoms with Crippen molar-refractivity contribution in [3.63, 3.8) is 0 Å². The van der Waals surface area contributed by atoms with Crippen LogP contribution in [0.15, 0.2) is 0 Å². The lowest BCUT2D eigenvalue weighted by atomic mass is 9.64. The lowest BCUT2D eigenvalue weighted by molar-refractivity contribution is -0.110. The van der Waals surface area contributed by atoms with Crippen LogP contribution in [-0.2, 0) is 4.79 Å². The van der Waals surface area contributed by atoms with Gasteiger partial charge < -0.3 is 9.90 Å². The molecule has 1 N–H and O–H groups in total. The zero-order chi connectivity index (χ0) is 10.2. The van der Waals surface area contributed by atoms with E-state index < -0.39 is 0 Å². The SMILES string of the molecule is C[C@]12CCC[C@H](O)C1CCC2CC=O. The Hall–Kier alpha value is -0.370. The quantitative estimate of drug-likeness (QED) is 0.687. The fraction of sp³-hybridized carbons (Fsp3) is 0.917. The van der Waals surface area contributed by atoms with Crippen molar-refractivity contribution in [2.24, 2.45) is 17.3 Å². The second-order valence-electron chi connectivity index (χ2n) is 5.25. The van der Waals surface area contributed by atoms with Gasteiger partial charge in [-0.2, -0.15) is 0 Å². The molecule has 0 amide bonds. The van der Waals surface area contributed by atoms with E-state index in [0.717, 1.165) is 32.0 Å². The van der Waals surface area contributed by atoms with Gasteiger partial charge in [0.1, 0.15) is 6.29 Å². The smallest absolute Gasteiger partial charge is 0.120 e. The molecule has 0 aromatic heterocycles.